The van der Waals surface area contributed by atoms with E-state index in [0.29, 0.717) is 11.4 Å². The van der Waals surface area contributed by atoms with Gasteiger partial charge in [-0.05, 0) is 24.3 Å². The fourth-order valence-electron chi connectivity index (χ4n) is 0.724. The minimum Gasteiger partial charge on any atom is -0.425 e. The van der Waals surface area contributed by atoms with Crippen LogP contribution in [-0.4, -0.2) is 11.6 Å². The first-order valence-corrected chi connectivity index (χ1v) is 5.35. The van der Waals surface area contributed by atoms with Gasteiger partial charge in [-0.3, -0.25) is 0 Å². The number of anilines is 1. The molecule has 0 heterocycles. The molecule has 0 radical (unpaired) electrons. The molecule has 3 N–H and O–H groups in total. The van der Waals surface area contributed by atoms with Crippen LogP contribution in [0.1, 0.15) is 0 Å². The Balaban J connectivity index is 2.78. The summed E-state index contributed by atoms with van der Waals surface area (Å²) in [5.74, 6) is 0.345. The first-order chi connectivity index (χ1) is 5.47. The molecule has 12 heavy (non-hydrogen) atoms. The third-order valence-corrected chi connectivity index (χ3v) is 1.70. The van der Waals surface area contributed by atoms with Crippen LogP contribution in [0.25, 0.3) is 0 Å². The SMILES string of the molecule is CP(=O)(O)Oc1ccc(N)cc1. The van der Waals surface area contributed by atoms with Gasteiger partial charge in [-0.25, -0.2) is 4.57 Å². The molecule has 0 aliphatic rings. The fraction of sp³-hybridized carbons (Fsp3) is 0.143. The number of nitrogens with two attached hydrogens (primary N) is 1. The normalized spacial score (nSPS) is 15.2. The van der Waals surface area contributed by atoms with Gasteiger partial charge < -0.3 is 15.2 Å². The first-order valence-electron chi connectivity index (χ1n) is 3.33. The smallest absolute Gasteiger partial charge is 0.373 e. The number of rotatable bonds is 2. The molecule has 0 amide bonds. The van der Waals surface area contributed by atoms with E-state index in [0.717, 1.165) is 6.66 Å². The zero-order chi connectivity index (χ0) is 9.19. The Morgan fingerprint density at radius 2 is 1.92 bits per heavy atom. The van der Waals surface area contributed by atoms with Crippen LogP contribution in [0.15, 0.2) is 24.3 Å². The Hall–Kier alpha value is -0.990. The second kappa shape index (κ2) is 3.17. The van der Waals surface area contributed by atoms with Crippen LogP contribution in [0.3, 0.4) is 0 Å². The lowest BCUT2D eigenvalue weighted by Crippen LogP contribution is -1.90. The summed E-state index contributed by atoms with van der Waals surface area (Å²) in [5.41, 5.74) is 5.99. The van der Waals surface area contributed by atoms with Gasteiger partial charge in [-0.1, -0.05) is 0 Å². The van der Waals surface area contributed by atoms with Gasteiger partial charge >= 0.3 is 7.60 Å². The molecular formula is C7H10NO3P. The predicted octanol–water partition coefficient (Wildman–Crippen LogP) is 1.46. The summed E-state index contributed by atoms with van der Waals surface area (Å²) in [5, 5.41) is 0. The molecule has 0 aliphatic carbocycles. The second-order valence-corrected chi connectivity index (χ2v) is 4.25. The molecule has 0 fully saturated rings. The Morgan fingerprint density at radius 1 is 1.42 bits per heavy atom. The average molecular weight is 187 g/mol. The van der Waals surface area contributed by atoms with E-state index in [9.17, 15) is 4.57 Å². The van der Waals surface area contributed by atoms with E-state index >= 15 is 0 Å². The molecule has 1 aromatic rings. The van der Waals surface area contributed by atoms with E-state index in [1.807, 2.05) is 0 Å². The van der Waals surface area contributed by atoms with Crippen LogP contribution >= 0.6 is 7.60 Å². The summed E-state index contributed by atoms with van der Waals surface area (Å²) >= 11 is 0. The molecule has 0 aromatic heterocycles. The van der Waals surface area contributed by atoms with Crippen LogP contribution in [0.5, 0.6) is 5.75 Å². The van der Waals surface area contributed by atoms with Crippen molar-refractivity contribution in [2.24, 2.45) is 0 Å². The second-order valence-electron chi connectivity index (χ2n) is 2.46. The van der Waals surface area contributed by atoms with Gasteiger partial charge in [0.15, 0.2) is 0 Å². The highest BCUT2D eigenvalue weighted by atomic mass is 31.2. The fourth-order valence-corrected chi connectivity index (χ4v) is 1.24. The van der Waals surface area contributed by atoms with Crippen molar-refractivity contribution < 1.29 is 14.0 Å². The van der Waals surface area contributed by atoms with Crippen molar-refractivity contribution in [2.45, 2.75) is 0 Å². The summed E-state index contributed by atoms with van der Waals surface area (Å²) in [6.45, 7) is 1.13. The van der Waals surface area contributed by atoms with Gasteiger partial charge in [-0.2, -0.15) is 0 Å². The minimum atomic E-state index is -3.44. The highest BCUT2D eigenvalue weighted by Gasteiger charge is 2.10. The van der Waals surface area contributed by atoms with E-state index in [2.05, 4.69) is 0 Å². The highest BCUT2D eigenvalue weighted by Crippen LogP contribution is 2.37. The quantitative estimate of drug-likeness (QED) is 0.543. The van der Waals surface area contributed by atoms with Crippen molar-refractivity contribution in [3.63, 3.8) is 0 Å². The number of benzene rings is 1. The molecule has 0 bridgehead atoms. The predicted molar refractivity (Wildman–Crippen MR) is 47.2 cm³/mol. The first kappa shape index (κ1) is 9.10. The van der Waals surface area contributed by atoms with Gasteiger partial charge in [-0.15, -0.1) is 0 Å². The molecule has 5 heteroatoms. The molecule has 0 aliphatic heterocycles. The molecule has 1 aromatic carbocycles. The van der Waals surface area contributed by atoms with Crippen molar-refractivity contribution in [3.05, 3.63) is 24.3 Å². The number of hydrogen-bond donors (Lipinski definition) is 2. The van der Waals surface area contributed by atoms with Crippen LogP contribution in [-0.2, 0) is 4.57 Å². The maximum Gasteiger partial charge on any atom is 0.373 e. The third-order valence-electron chi connectivity index (χ3n) is 1.15. The summed E-state index contributed by atoms with van der Waals surface area (Å²) in [6, 6.07) is 6.29. The molecular weight excluding hydrogens is 177 g/mol. The topological polar surface area (TPSA) is 72.5 Å². The summed E-state index contributed by atoms with van der Waals surface area (Å²) in [7, 11) is -3.44. The lowest BCUT2D eigenvalue weighted by Gasteiger charge is -2.07. The van der Waals surface area contributed by atoms with E-state index < -0.39 is 7.60 Å². The molecule has 0 saturated heterocycles. The average Bonchev–Trinajstić information content (AvgIpc) is 1.91. The molecule has 1 unspecified atom stereocenters. The third kappa shape index (κ3) is 2.95. The molecule has 66 valence electrons. The highest BCUT2D eigenvalue weighted by molar-refractivity contribution is 7.52. The standard InChI is InChI=1S/C7H10NO3P/c1-12(9,10)11-7-4-2-6(8)3-5-7/h2-5H,8H2,1H3,(H,9,10). The zero-order valence-corrected chi connectivity index (χ0v) is 7.49. The van der Waals surface area contributed by atoms with Gasteiger partial charge in [0.25, 0.3) is 0 Å². The minimum absolute atomic E-state index is 0.345. The van der Waals surface area contributed by atoms with Gasteiger partial charge in [0, 0.05) is 12.4 Å². The zero-order valence-electron chi connectivity index (χ0n) is 6.60. The summed E-state index contributed by atoms with van der Waals surface area (Å²) in [6.07, 6.45) is 0. The van der Waals surface area contributed by atoms with Crippen molar-refractivity contribution in [1.82, 2.24) is 0 Å². The van der Waals surface area contributed by atoms with E-state index in [-0.39, 0.29) is 0 Å². The van der Waals surface area contributed by atoms with Crippen LogP contribution < -0.4 is 10.3 Å². The van der Waals surface area contributed by atoms with Crippen LogP contribution in [0, 0.1) is 0 Å². The Bertz CT molecular complexity index is 303. The van der Waals surface area contributed by atoms with Crippen molar-refractivity contribution >= 4 is 13.3 Å². The maximum atomic E-state index is 10.8. The van der Waals surface area contributed by atoms with Crippen molar-refractivity contribution in [1.29, 1.82) is 0 Å². The Morgan fingerprint density at radius 3 is 2.33 bits per heavy atom. The Kier molecular flexibility index (Phi) is 2.40. The maximum absolute atomic E-state index is 10.8. The molecule has 0 spiro atoms. The molecule has 4 nitrogen and oxygen atoms in total. The van der Waals surface area contributed by atoms with Gasteiger partial charge in [0.1, 0.15) is 5.75 Å². The molecule has 0 saturated carbocycles. The summed E-state index contributed by atoms with van der Waals surface area (Å²) in [4.78, 5) is 8.84. The lowest BCUT2D eigenvalue weighted by molar-refractivity contribution is 0.387. The van der Waals surface area contributed by atoms with Gasteiger partial charge in [0.05, 0.1) is 0 Å². The van der Waals surface area contributed by atoms with E-state index in [4.69, 9.17) is 15.2 Å². The number of hydrogen-bond acceptors (Lipinski definition) is 3. The van der Waals surface area contributed by atoms with Crippen molar-refractivity contribution in [3.8, 4) is 5.75 Å². The van der Waals surface area contributed by atoms with Crippen LogP contribution in [0.4, 0.5) is 5.69 Å². The Labute approximate surface area is 70.5 Å². The lowest BCUT2D eigenvalue weighted by atomic mass is 10.3. The van der Waals surface area contributed by atoms with Crippen LogP contribution in [0.2, 0.25) is 0 Å². The molecule has 1 atom stereocenters. The van der Waals surface area contributed by atoms with Gasteiger partial charge in [0.2, 0.25) is 0 Å². The van der Waals surface area contributed by atoms with E-state index in [1.165, 1.54) is 0 Å². The number of nitrogen functional groups attached to an aromatic ring is 1. The molecule has 1 rings (SSSR count). The van der Waals surface area contributed by atoms with Crippen molar-refractivity contribution in [2.75, 3.05) is 12.4 Å². The summed E-state index contributed by atoms with van der Waals surface area (Å²) < 4.78 is 15.5. The van der Waals surface area contributed by atoms with E-state index in [1.54, 1.807) is 24.3 Å². The monoisotopic (exact) mass is 187 g/mol. The largest absolute Gasteiger partial charge is 0.425 e.